The second-order valence-corrected chi connectivity index (χ2v) is 6.65. The summed E-state index contributed by atoms with van der Waals surface area (Å²) in [6, 6.07) is 3.50. The molecule has 0 spiro atoms. The first-order valence-electron chi connectivity index (χ1n) is 6.16. The minimum atomic E-state index is -4.11. The van der Waals surface area contributed by atoms with Gasteiger partial charge in [-0.15, -0.1) is 0 Å². The zero-order valence-corrected chi connectivity index (χ0v) is 11.9. The van der Waals surface area contributed by atoms with Crippen LogP contribution in [0.1, 0.15) is 16.8 Å². The van der Waals surface area contributed by atoms with Gasteiger partial charge < -0.3 is 20.7 Å². The van der Waals surface area contributed by atoms with Crippen molar-refractivity contribution in [3.05, 3.63) is 23.8 Å². The van der Waals surface area contributed by atoms with Crippen molar-refractivity contribution in [2.75, 3.05) is 25.5 Å². The number of benzene rings is 1. The number of nitrogen functional groups attached to an aromatic ring is 1. The third-order valence-corrected chi connectivity index (χ3v) is 4.64. The van der Waals surface area contributed by atoms with E-state index in [0.29, 0.717) is 13.0 Å². The smallest absolute Gasteiger partial charge is 0.337 e. The lowest BCUT2D eigenvalue weighted by molar-refractivity contribution is 0.0314. The van der Waals surface area contributed by atoms with Crippen LogP contribution in [0.4, 0.5) is 5.69 Å². The van der Waals surface area contributed by atoms with Crippen LogP contribution in [0.3, 0.4) is 0 Å². The van der Waals surface area contributed by atoms with Gasteiger partial charge in [0.2, 0.25) is 10.0 Å². The van der Waals surface area contributed by atoms with Gasteiger partial charge in [0.05, 0.1) is 17.1 Å². The fourth-order valence-corrected chi connectivity index (χ4v) is 3.33. The molecule has 1 saturated heterocycles. The van der Waals surface area contributed by atoms with Crippen molar-refractivity contribution in [1.29, 1.82) is 0 Å². The molecule has 1 atom stereocenters. The standard InChI is InChI=1S/C12H16N2O6S/c13-8-1-2-9(11(15)16)10(5-8)21(18,19)14-6-12(17)3-4-20-7-12/h1-2,5,14,17H,3-4,6-7,13H2,(H,15,16). The lowest BCUT2D eigenvalue weighted by atomic mass is 10.1. The maximum Gasteiger partial charge on any atom is 0.337 e. The average Bonchev–Trinajstić information content (AvgIpc) is 2.84. The Morgan fingerprint density at radius 1 is 1.48 bits per heavy atom. The lowest BCUT2D eigenvalue weighted by Gasteiger charge is -2.21. The van der Waals surface area contributed by atoms with E-state index in [1.54, 1.807) is 0 Å². The van der Waals surface area contributed by atoms with E-state index in [1.165, 1.54) is 6.07 Å². The Kier molecular flexibility index (Phi) is 4.19. The summed E-state index contributed by atoms with van der Waals surface area (Å²) < 4.78 is 31.7. The van der Waals surface area contributed by atoms with Crippen molar-refractivity contribution >= 4 is 21.7 Å². The van der Waals surface area contributed by atoms with Crippen LogP contribution in [0.25, 0.3) is 0 Å². The van der Waals surface area contributed by atoms with E-state index in [4.69, 9.17) is 15.6 Å². The Hall–Kier alpha value is -1.68. The molecule has 0 aromatic heterocycles. The van der Waals surface area contributed by atoms with Gasteiger partial charge in [0.15, 0.2) is 0 Å². The Labute approximate surface area is 121 Å². The molecule has 1 heterocycles. The summed E-state index contributed by atoms with van der Waals surface area (Å²) in [6.45, 7) is 0.109. The van der Waals surface area contributed by atoms with Crippen LogP contribution in [-0.2, 0) is 14.8 Å². The molecular weight excluding hydrogens is 300 g/mol. The van der Waals surface area contributed by atoms with Gasteiger partial charge in [-0.2, -0.15) is 0 Å². The summed E-state index contributed by atoms with van der Waals surface area (Å²) in [5, 5.41) is 19.1. The van der Waals surface area contributed by atoms with Crippen LogP contribution in [0, 0.1) is 0 Å². The normalized spacial score (nSPS) is 22.3. The van der Waals surface area contributed by atoms with E-state index >= 15 is 0 Å². The molecule has 2 rings (SSSR count). The zero-order valence-electron chi connectivity index (χ0n) is 11.1. The number of carbonyl (C=O) groups is 1. The molecule has 1 aliphatic heterocycles. The monoisotopic (exact) mass is 316 g/mol. The number of hydrogen-bond acceptors (Lipinski definition) is 6. The van der Waals surface area contributed by atoms with E-state index in [-0.39, 0.29) is 24.4 Å². The number of hydrogen-bond donors (Lipinski definition) is 4. The molecule has 116 valence electrons. The number of anilines is 1. The maximum atomic E-state index is 12.2. The molecule has 0 saturated carbocycles. The number of carboxylic acid groups (broad SMARTS) is 1. The highest BCUT2D eigenvalue weighted by Gasteiger charge is 2.34. The van der Waals surface area contributed by atoms with Gasteiger partial charge in [-0.05, 0) is 18.2 Å². The van der Waals surface area contributed by atoms with Gasteiger partial charge in [-0.25, -0.2) is 17.9 Å². The molecule has 9 heteroatoms. The first-order valence-corrected chi connectivity index (χ1v) is 7.64. The molecule has 0 amide bonds. The van der Waals surface area contributed by atoms with Crippen LogP contribution in [0.5, 0.6) is 0 Å². The Morgan fingerprint density at radius 2 is 2.19 bits per heavy atom. The third kappa shape index (κ3) is 3.50. The second-order valence-electron chi connectivity index (χ2n) is 4.91. The number of rotatable bonds is 5. The molecule has 21 heavy (non-hydrogen) atoms. The molecule has 1 aromatic rings. The largest absolute Gasteiger partial charge is 0.478 e. The molecule has 0 radical (unpaired) electrons. The Balaban J connectivity index is 2.27. The van der Waals surface area contributed by atoms with Crippen molar-refractivity contribution < 1.29 is 28.2 Å². The molecular formula is C12H16N2O6S. The number of carboxylic acids is 1. The zero-order chi connectivity index (χ0) is 15.7. The minimum absolute atomic E-state index is 0.0260. The molecule has 1 aromatic carbocycles. The van der Waals surface area contributed by atoms with E-state index in [9.17, 15) is 18.3 Å². The highest BCUT2D eigenvalue weighted by atomic mass is 32.2. The van der Waals surface area contributed by atoms with Crippen LogP contribution in [-0.4, -0.2) is 50.0 Å². The third-order valence-electron chi connectivity index (χ3n) is 3.20. The fourth-order valence-electron chi connectivity index (χ4n) is 1.98. The highest BCUT2D eigenvalue weighted by Crippen LogP contribution is 2.21. The SMILES string of the molecule is Nc1ccc(C(=O)O)c(S(=O)(=O)NCC2(O)CCOC2)c1. The van der Waals surface area contributed by atoms with Crippen LogP contribution >= 0.6 is 0 Å². The Morgan fingerprint density at radius 3 is 2.76 bits per heavy atom. The number of ether oxygens (including phenoxy) is 1. The van der Waals surface area contributed by atoms with Gasteiger partial charge in [-0.3, -0.25) is 0 Å². The predicted octanol–water partition coefficient (Wildman–Crippen LogP) is -0.603. The molecule has 8 nitrogen and oxygen atoms in total. The maximum absolute atomic E-state index is 12.2. The number of aromatic carboxylic acids is 1. The molecule has 1 fully saturated rings. The first kappa shape index (κ1) is 15.7. The van der Waals surface area contributed by atoms with E-state index in [1.807, 2.05) is 0 Å². The van der Waals surface area contributed by atoms with Gasteiger partial charge in [0.25, 0.3) is 0 Å². The van der Waals surface area contributed by atoms with Crippen molar-refractivity contribution in [2.45, 2.75) is 16.9 Å². The highest BCUT2D eigenvalue weighted by molar-refractivity contribution is 7.89. The summed E-state index contributed by atoms with van der Waals surface area (Å²) in [6.07, 6.45) is 0.304. The van der Waals surface area contributed by atoms with Gasteiger partial charge in [0.1, 0.15) is 5.60 Å². The van der Waals surface area contributed by atoms with Crippen LogP contribution < -0.4 is 10.5 Å². The van der Waals surface area contributed by atoms with E-state index < -0.39 is 26.5 Å². The molecule has 1 aliphatic rings. The first-order chi connectivity index (χ1) is 9.73. The van der Waals surface area contributed by atoms with Gasteiger partial charge in [-0.1, -0.05) is 0 Å². The van der Waals surface area contributed by atoms with E-state index in [0.717, 1.165) is 12.1 Å². The van der Waals surface area contributed by atoms with Crippen molar-refractivity contribution in [3.8, 4) is 0 Å². The average molecular weight is 316 g/mol. The number of nitrogens with one attached hydrogen (secondary N) is 1. The topological polar surface area (TPSA) is 139 Å². The lowest BCUT2D eigenvalue weighted by Crippen LogP contribution is -2.43. The van der Waals surface area contributed by atoms with Crippen molar-refractivity contribution in [3.63, 3.8) is 0 Å². The minimum Gasteiger partial charge on any atom is -0.478 e. The fraction of sp³-hybridized carbons (Fsp3) is 0.417. The molecule has 0 aliphatic carbocycles. The van der Waals surface area contributed by atoms with Crippen molar-refractivity contribution in [2.24, 2.45) is 0 Å². The van der Waals surface area contributed by atoms with Crippen LogP contribution in [0.2, 0.25) is 0 Å². The quantitative estimate of drug-likeness (QED) is 0.532. The van der Waals surface area contributed by atoms with Gasteiger partial charge in [0, 0.05) is 25.3 Å². The summed E-state index contributed by atoms with van der Waals surface area (Å²) in [5.74, 6) is -1.38. The molecule has 5 N–H and O–H groups in total. The number of aliphatic hydroxyl groups is 1. The number of sulfonamides is 1. The predicted molar refractivity (Wildman–Crippen MR) is 73.4 cm³/mol. The second kappa shape index (κ2) is 5.60. The summed E-state index contributed by atoms with van der Waals surface area (Å²) >= 11 is 0. The van der Waals surface area contributed by atoms with Crippen LogP contribution in [0.15, 0.2) is 23.1 Å². The summed E-state index contributed by atoms with van der Waals surface area (Å²) in [7, 11) is -4.11. The molecule has 1 unspecified atom stereocenters. The van der Waals surface area contributed by atoms with Crippen molar-refractivity contribution in [1.82, 2.24) is 4.72 Å². The Bertz CT molecular complexity index is 652. The van der Waals surface area contributed by atoms with Gasteiger partial charge >= 0.3 is 5.97 Å². The molecule has 0 bridgehead atoms. The summed E-state index contributed by atoms with van der Waals surface area (Å²) in [4.78, 5) is 10.7. The number of nitrogens with two attached hydrogens (primary N) is 1. The van der Waals surface area contributed by atoms with E-state index in [2.05, 4.69) is 4.72 Å². The summed E-state index contributed by atoms with van der Waals surface area (Å²) in [5.41, 5.74) is 3.98.